The Morgan fingerprint density at radius 2 is 2.17 bits per heavy atom. The van der Waals surface area contributed by atoms with Crippen molar-refractivity contribution in [2.24, 2.45) is 0 Å². The molecule has 0 atom stereocenters. The molecule has 94 valence electrons. The third-order valence-corrected chi connectivity index (χ3v) is 3.75. The molecule has 2 aromatic rings. The van der Waals surface area contributed by atoms with Crippen molar-refractivity contribution >= 4 is 40.2 Å². The van der Waals surface area contributed by atoms with E-state index in [1.165, 1.54) is 11.3 Å². The van der Waals surface area contributed by atoms with Crippen LogP contribution in [0.4, 0.5) is 11.4 Å². The molecule has 6 heteroatoms. The molecule has 1 amide bonds. The first-order chi connectivity index (χ1) is 8.47. The van der Waals surface area contributed by atoms with Gasteiger partial charge in [0, 0.05) is 5.69 Å². The Balaban J connectivity index is 2.26. The number of thiazole rings is 1. The molecule has 2 rings (SSSR count). The fourth-order valence-electron chi connectivity index (χ4n) is 1.56. The van der Waals surface area contributed by atoms with Gasteiger partial charge in [-0.25, -0.2) is 4.98 Å². The van der Waals surface area contributed by atoms with Crippen LogP contribution in [0.2, 0.25) is 5.02 Å². The van der Waals surface area contributed by atoms with E-state index < -0.39 is 0 Å². The number of hydrogen-bond acceptors (Lipinski definition) is 4. The Kier molecular flexibility index (Phi) is 3.54. The van der Waals surface area contributed by atoms with Gasteiger partial charge in [0.2, 0.25) is 0 Å². The van der Waals surface area contributed by atoms with Crippen molar-refractivity contribution in [1.29, 1.82) is 0 Å². The number of carbonyl (C=O) groups excluding carboxylic acids is 1. The number of halogens is 1. The van der Waals surface area contributed by atoms with Gasteiger partial charge in [0.15, 0.2) is 0 Å². The van der Waals surface area contributed by atoms with E-state index in [1.54, 1.807) is 25.1 Å². The maximum absolute atomic E-state index is 12.1. The van der Waals surface area contributed by atoms with Crippen LogP contribution in [0.15, 0.2) is 18.2 Å². The summed E-state index contributed by atoms with van der Waals surface area (Å²) in [5, 5.41) is 4.05. The van der Waals surface area contributed by atoms with Crippen LogP contribution in [-0.4, -0.2) is 10.9 Å². The number of anilines is 2. The Hall–Kier alpha value is -1.59. The average Bonchev–Trinajstić information content (AvgIpc) is 2.63. The van der Waals surface area contributed by atoms with Gasteiger partial charge in [-0.3, -0.25) is 4.79 Å². The summed E-state index contributed by atoms with van der Waals surface area (Å²) in [6.45, 7) is 3.67. The predicted octanol–water partition coefficient (Wildman–Crippen LogP) is 3.25. The third kappa shape index (κ3) is 2.63. The normalized spacial score (nSPS) is 10.4. The second kappa shape index (κ2) is 4.96. The molecule has 0 spiro atoms. The molecule has 1 heterocycles. The minimum absolute atomic E-state index is 0.217. The highest BCUT2D eigenvalue weighted by Gasteiger charge is 2.15. The number of aryl methyl sites for hydroxylation is 2. The minimum Gasteiger partial charge on any atom is -0.399 e. The molecular formula is C12H12ClN3OS. The summed E-state index contributed by atoms with van der Waals surface area (Å²) < 4.78 is 0. The number of hydrogen-bond donors (Lipinski definition) is 2. The molecule has 0 radical (unpaired) electrons. The smallest absolute Gasteiger partial charge is 0.267 e. The number of rotatable bonds is 2. The zero-order chi connectivity index (χ0) is 13.3. The summed E-state index contributed by atoms with van der Waals surface area (Å²) >= 11 is 7.34. The van der Waals surface area contributed by atoms with Gasteiger partial charge < -0.3 is 11.1 Å². The lowest BCUT2D eigenvalue weighted by Crippen LogP contribution is -2.12. The van der Waals surface area contributed by atoms with E-state index in [2.05, 4.69) is 10.3 Å². The predicted molar refractivity (Wildman–Crippen MR) is 75.4 cm³/mol. The van der Waals surface area contributed by atoms with E-state index >= 15 is 0 Å². The highest BCUT2D eigenvalue weighted by Crippen LogP contribution is 2.26. The third-order valence-electron chi connectivity index (χ3n) is 2.35. The number of nitrogen functional groups attached to an aromatic ring is 1. The average molecular weight is 282 g/mol. The Labute approximate surface area is 114 Å². The maximum Gasteiger partial charge on any atom is 0.267 e. The van der Waals surface area contributed by atoms with Crippen LogP contribution in [0.25, 0.3) is 0 Å². The summed E-state index contributed by atoms with van der Waals surface area (Å²) in [6, 6.07) is 4.96. The monoisotopic (exact) mass is 281 g/mol. The molecule has 1 aromatic heterocycles. The van der Waals surface area contributed by atoms with Gasteiger partial charge in [-0.1, -0.05) is 11.6 Å². The lowest BCUT2D eigenvalue weighted by molar-refractivity contribution is 0.103. The molecule has 3 N–H and O–H groups in total. The van der Waals surface area contributed by atoms with Crippen molar-refractivity contribution in [3.63, 3.8) is 0 Å². The molecule has 0 saturated carbocycles. The van der Waals surface area contributed by atoms with E-state index in [9.17, 15) is 4.79 Å². The van der Waals surface area contributed by atoms with Gasteiger partial charge in [0.05, 0.1) is 21.4 Å². The molecule has 4 nitrogen and oxygen atoms in total. The second-order valence-electron chi connectivity index (χ2n) is 3.84. The number of aromatic nitrogens is 1. The van der Waals surface area contributed by atoms with E-state index in [0.717, 1.165) is 10.7 Å². The molecule has 1 aromatic carbocycles. The standard InChI is InChI=1S/C12H12ClN3OS/c1-6-11(18-7(2)15-6)12(17)16-10-5-8(14)3-4-9(10)13/h3-5H,14H2,1-2H3,(H,16,17). The molecule has 0 unspecified atom stereocenters. The fraction of sp³-hybridized carbons (Fsp3) is 0.167. The first-order valence-corrected chi connectivity index (χ1v) is 6.47. The first kappa shape index (κ1) is 12.9. The lowest BCUT2D eigenvalue weighted by atomic mass is 10.2. The number of benzene rings is 1. The van der Waals surface area contributed by atoms with Crippen LogP contribution in [0, 0.1) is 13.8 Å². The highest BCUT2D eigenvalue weighted by molar-refractivity contribution is 7.13. The van der Waals surface area contributed by atoms with Gasteiger partial charge in [0.1, 0.15) is 4.88 Å². The minimum atomic E-state index is -0.217. The molecule has 0 bridgehead atoms. The molecule has 0 fully saturated rings. The van der Waals surface area contributed by atoms with Crippen LogP contribution in [0.3, 0.4) is 0 Å². The van der Waals surface area contributed by atoms with E-state index in [4.69, 9.17) is 17.3 Å². The van der Waals surface area contributed by atoms with Crippen LogP contribution in [-0.2, 0) is 0 Å². The molecule has 0 saturated heterocycles. The van der Waals surface area contributed by atoms with Crippen molar-refractivity contribution in [3.05, 3.63) is 38.8 Å². The second-order valence-corrected chi connectivity index (χ2v) is 5.45. The number of nitrogens with zero attached hydrogens (tertiary/aromatic N) is 1. The van der Waals surface area contributed by atoms with Crippen molar-refractivity contribution < 1.29 is 4.79 Å². The molecule has 18 heavy (non-hydrogen) atoms. The van der Waals surface area contributed by atoms with E-state index in [-0.39, 0.29) is 5.91 Å². The quantitative estimate of drug-likeness (QED) is 0.830. The molecule has 0 aliphatic rings. The van der Waals surface area contributed by atoms with Gasteiger partial charge in [-0.15, -0.1) is 11.3 Å². The number of nitrogens with one attached hydrogen (secondary N) is 1. The van der Waals surface area contributed by atoms with Crippen molar-refractivity contribution in [1.82, 2.24) is 4.98 Å². The topological polar surface area (TPSA) is 68.0 Å². The van der Waals surface area contributed by atoms with Crippen LogP contribution in [0.1, 0.15) is 20.4 Å². The lowest BCUT2D eigenvalue weighted by Gasteiger charge is -2.07. The largest absolute Gasteiger partial charge is 0.399 e. The zero-order valence-corrected chi connectivity index (χ0v) is 11.5. The summed E-state index contributed by atoms with van der Waals surface area (Å²) in [5.41, 5.74) is 7.43. The van der Waals surface area contributed by atoms with Crippen molar-refractivity contribution in [3.8, 4) is 0 Å². The molecule has 0 aliphatic carbocycles. The van der Waals surface area contributed by atoms with Gasteiger partial charge in [0.25, 0.3) is 5.91 Å². The molecular weight excluding hydrogens is 270 g/mol. The Morgan fingerprint density at radius 1 is 1.44 bits per heavy atom. The van der Waals surface area contributed by atoms with Gasteiger partial charge >= 0.3 is 0 Å². The van der Waals surface area contributed by atoms with E-state index in [1.807, 2.05) is 6.92 Å². The SMILES string of the molecule is Cc1nc(C)c(C(=O)Nc2cc(N)ccc2Cl)s1. The molecule has 0 aliphatic heterocycles. The summed E-state index contributed by atoms with van der Waals surface area (Å²) in [7, 11) is 0. The van der Waals surface area contributed by atoms with Crippen LogP contribution < -0.4 is 11.1 Å². The van der Waals surface area contributed by atoms with Crippen LogP contribution >= 0.6 is 22.9 Å². The number of amides is 1. The highest BCUT2D eigenvalue weighted by atomic mass is 35.5. The maximum atomic E-state index is 12.1. The van der Waals surface area contributed by atoms with Crippen LogP contribution in [0.5, 0.6) is 0 Å². The number of carbonyl (C=O) groups is 1. The summed E-state index contributed by atoms with van der Waals surface area (Å²) in [5.74, 6) is -0.217. The fourth-order valence-corrected chi connectivity index (χ4v) is 2.54. The van der Waals surface area contributed by atoms with Crippen molar-refractivity contribution in [2.45, 2.75) is 13.8 Å². The van der Waals surface area contributed by atoms with E-state index in [0.29, 0.717) is 21.3 Å². The Bertz CT molecular complexity index is 609. The first-order valence-electron chi connectivity index (χ1n) is 5.28. The Morgan fingerprint density at radius 3 is 2.78 bits per heavy atom. The number of nitrogens with two attached hydrogens (primary N) is 1. The zero-order valence-electron chi connectivity index (χ0n) is 9.95. The van der Waals surface area contributed by atoms with Gasteiger partial charge in [-0.2, -0.15) is 0 Å². The van der Waals surface area contributed by atoms with Crippen molar-refractivity contribution in [2.75, 3.05) is 11.1 Å². The van der Waals surface area contributed by atoms with Gasteiger partial charge in [-0.05, 0) is 32.0 Å². The summed E-state index contributed by atoms with van der Waals surface area (Å²) in [6.07, 6.45) is 0. The summed E-state index contributed by atoms with van der Waals surface area (Å²) in [4.78, 5) is 16.9.